The van der Waals surface area contributed by atoms with Crippen LogP contribution in [0.4, 0.5) is 8.78 Å². The third kappa shape index (κ3) is 3.88. The summed E-state index contributed by atoms with van der Waals surface area (Å²) in [6.07, 6.45) is 5.89. The lowest BCUT2D eigenvalue weighted by Crippen LogP contribution is -2.35. The Morgan fingerprint density at radius 3 is 2.71 bits per heavy atom. The molecule has 0 saturated carbocycles. The van der Waals surface area contributed by atoms with Crippen molar-refractivity contribution < 1.29 is 18.6 Å². The van der Waals surface area contributed by atoms with E-state index in [1.807, 2.05) is 23.8 Å². The first-order chi connectivity index (χ1) is 16.4. The molecule has 4 aromatic rings. The molecular formula is C25H23F2N5O2. The van der Waals surface area contributed by atoms with Crippen LogP contribution >= 0.6 is 0 Å². The number of benzene rings is 2. The van der Waals surface area contributed by atoms with Gasteiger partial charge in [-0.2, -0.15) is 0 Å². The second-order valence-electron chi connectivity index (χ2n) is 8.30. The Morgan fingerprint density at radius 1 is 1.21 bits per heavy atom. The molecule has 3 heterocycles. The van der Waals surface area contributed by atoms with Gasteiger partial charge in [0, 0.05) is 12.7 Å². The number of hydrogen-bond acceptors (Lipinski definition) is 5. The third-order valence-electron chi connectivity index (χ3n) is 5.97. The van der Waals surface area contributed by atoms with Gasteiger partial charge in [0.2, 0.25) is 5.82 Å². The Labute approximate surface area is 195 Å². The second kappa shape index (κ2) is 8.49. The molecule has 2 aromatic heterocycles. The van der Waals surface area contributed by atoms with Gasteiger partial charge in [0.25, 0.3) is 0 Å². The summed E-state index contributed by atoms with van der Waals surface area (Å²) in [6, 6.07) is 10.9. The summed E-state index contributed by atoms with van der Waals surface area (Å²) < 4.78 is 37.4. The number of aryl methyl sites for hydroxylation is 2. The molecular weight excluding hydrogens is 440 g/mol. The minimum absolute atomic E-state index is 0.120. The smallest absolute Gasteiger partial charge is 0.210 e. The average Bonchev–Trinajstić information content (AvgIpc) is 3.47. The summed E-state index contributed by atoms with van der Waals surface area (Å²) in [7, 11) is 1.55. The van der Waals surface area contributed by atoms with E-state index in [9.17, 15) is 9.50 Å². The highest BCUT2D eigenvalue weighted by Crippen LogP contribution is 2.37. The predicted molar refractivity (Wildman–Crippen MR) is 122 cm³/mol. The number of aromatic nitrogens is 5. The van der Waals surface area contributed by atoms with Crippen LogP contribution < -0.4 is 4.74 Å². The van der Waals surface area contributed by atoms with Crippen molar-refractivity contribution in [2.45, 2.75) is 31.9 Å². The van der Waals surface area contributed by atoms with Crippen molar-refractivity contribution in [2.24, 2.45) is 0 Å². The molecule has 0 aliphatic carbocycles. The van der Waals surface area contributed by atoms with E-state index in [1.165, 1.54) is 35.0 Å². The van der Waals surface area contributed by atoms with Crippen LogP contribution in [-0.2, 0) is 12.1 Å². The lowest BCUT2D eigenvalue weighted by molar-refractivity contribution is 0.0394. The van der Waals surface area contributed by atoms with Crippen molar-refractivity contribution in [3.63, 3.8) is 0 Å². The van der Waals surface area contributed by atoms with Crippen molar-refractivity contribution in [1.29, 1.82) is 0 Å². The summed E-state index contributed by atoms with van der Waals surface area (Å²) in [5.74, 6) is -0.361. The molecule has 34 heavy (non-hydrogen) atoms. The van der Waals surface area contributed by atoms with Gasteiger partial charge in [-0.15, -0.1) is 5.10 Å². The number of hydrogen-bond donors (Lipinski definition) is 1. The molecule has 1 aliphatic rings. The molecule has 1 atom stereocenters. The van der Waals surface area contributed by atoms with E-state index < -0.39 is 17.2 Å². The normalized spacial score (nSPS) is 18.1. The fourth-order valence-electron chi connectivity index (χ4n) is 4.26. The van der Waals surface area contributed by atoms with Crippen LogP contribution in [0.15, 0.2) is 55.0 Å². The summed E-state index contributed by atoms with van der Waals surface area (Å²) in [4.78, 5) is 8.56. The zero-order valence-corrected chi connectivity index (χ0v) is 18.7. The first kappa shape index (κ1) is 22.0. The highest BCUT2D eigenvalue weighted by molar-refractivity contribution is 5.75. The van der Waals surface area contributed by atoms with Crippen LogP contribution in [0.5, 0.6) is 5.75 Å². The third-order valence-corrected chi connectivity index (χ3v) is 5.97. The monoisotopic (exact) mass is 463 g/mol. The quantitative estimate of drug-likeness (QED) is 0.474. The van der Waals surface area contributed by atoms with Gasteiger partial charge in [0.1, 0.15) is 17.2 Å². The van der Waals surface area contributed by atoms with Gasteiger partial charge < -0.3 is 14.4 Å². The van der Waals surface area contributed by atoms with Gasteiger partial charge in [-0.25, -0.2) is 23.4 Å². The van der Waals surface area contributed by atoms with Crippen LogP contribution in [0.3, 0.4) is 0 Å². The molecule has 5 rings (SSSR count). The Kier molecular flexibility index (Phi) is 5.49. The van der Waals surface area contributed by atoms with E-state index in [-0.39, 0.29) is 11.6 Å². The lowest BCUT2D eigenvalue weighted by atomic mass is 9.86. The summed E-state index contributed by atoms with van der Waals surface area (Å²) >= 11 is 0. The van der Waals surface area contributed by atoms with Crippen molar-refractivity contribution >= 4 is 11.9 Å². The number of aliphatic hydroxyl groups is 1. The predicted octanol–water partition coefficient (Wildman–Crippen LogP) is 4.42. The standard InChI is InChI=1S/C25H23F2N5O2/c1-16-14-31(15-28-16)21-9-4-17(13-22(21)34-2)12-20(27)23-29-24-25(33,10-3-11-32(24)30-23)18-5-7-19(26)8-6-18/h4-9,12-15,33H,3,10-11H2,1-2H3/b20-12-/t25-/m1/s1. The van der Waals surface area contributed by atoms with E-state index in [0.29, 0.717) is 36.3 Å². The number of nitrogens with zero attached hydrogens (tertiary/aromatic N) is 5. The van der Waals surface area contributed by atoms with Gasteiger partial charge in [0.05, 0.1) is 24.8 Å². The van der Waals surface area contributed by atoms with Gasteiger partial charge in [0.15, 0.2) is 11.7 Å². The molecule has 2 aromatic carbocycles. The van der Waals surface area contributed by atoms with E-state index in [2.05, 4.69) is 15.1 Å². The topological polar surface area (TPSA) is 78.0 Å². The maximum absolute atomic E-state index is 15.2. The van der Waals surface area contributed by atoms with Gasteiger partial charge in [-0.1, -0.05) is 18.2 Å². The largest absolute Gasteiger partial charge is 0.495 e. The van der Waals surface area contributed by atoms with E-state index in [1.54, 1.807) is 25.6 Å². The van der Waals surface area contributed by atoms with Crippen LogP contribution in [0.2, 0.25) is 0 Å². The summed E-state index contributed by atoms with van der Waals surface area (Å²) in [5.41, 5.74) is 1.24. The average molecular weight is 463 g/mol. The minimum atomic E-state index is -1.47. The van der Waals surface area contributed by atoms with Crippen LogP contribution in [0.1, 0.15) is 41.3 Å². The Balaban J connectivity index is 1.48. The summed E-state index contributed by atoms with van der Waals surface area (Å²) in [5, 5.41) is 15.6. The zero-order valence-electron chi connectivity index (χ0n) is 18.7. The first-order valence-electron chi connectivity index (χ1n) is 10.9. The Morgan fingerprint density at radius 2 is 2.00 bits per heavy atom. The molecule has 0 amide bonds. The van der Waals surface area contributed by atoms with E-state index >= 15 is 4.39 Å². The summed E-state index contributed by atoms with van der Waals surface area (Å²) in [6.45, 7) is 2.40. The highest BCUT2D eigenvalue weighted by atomic mass is 19.1. The molecule has 0 unspecified atom stereocenters. The van der Waals surface area contributed by atoms with E-state index in [0.717, 1.165) is 11.4 Å². The molecule has 0 radical (unpaired) electrons. The number of halogens is 2. The number of rotatable bonds is 5. The van der Waals surface area contributed by atoms with E-state index in [4.69, 9.17) is 4.74 Å². The molecule has 0 fully saturated rings. The minimum Gasteiger partial charge on any atom is -0.495 e. The molecule has 1 N–H and O–H groups in total. The molecule has 0 saturated heterocycles. The Bertz CT molecular complexity index is 1380. The van der Waals surface area contributed by atoms with Crippen molar-refractivity contribution in [2.75, 3.05) is 7.11 Å². The molecule has 1 aliphatic heterocycles. The lowest BCUT2D eigenvalue weighted by Gasteiger charge is -2.31. The maximum Gasteiger partial charge on any atom is 0.210 e. The SMILES string of the molecule is COc1cc(/C=C(\F)c2nc3n(n2)CCC[C@@]3(O)c2ccc(F)cc2)ccc1-n1cnc(C)c1. The molecule has 7 nitrogen and oxygen atoms in total. The molecule has 0 spiro atoms. The van der Waals surface area contributed by atoms with Crippen LogP contribution in [0.25, 0.3) is 17.6 Å². The Hall–Kier alpha value is -3.85. The maximum atomic E-state index is 15.2. The molecule has 174 valence electrons. The first-order valence-corrected chi connectivity index (χ1v) is 10.9. The van der Waals surface area contributed by atoms with Crippen LogP contribution in [0, 0.1) is 12.7 Å². The van der Waals surface area contributed by atoms with Crippen molar-refractivity contribution in [1.82, 2.24) is 24.3 Å². The van der Waals surface area contributed by atoms with Crippen molar-refractivity contribution in [3.05, 3.63) is 89.3 Å². The fraction of sp³-hybridized carbons (Fsp3) is 0.240. The zero-order chi connectivity index (χ0) is 23.9. The molecule has 0 bridgehead atoms. The number of imidazole rings is 1. The highest BCUT2D eigenvalue weighted by Gasteiger charge is 2.40. The van der Waals surface area contributed by atoms with Gasteiger partial charge in [-0.3, -0.25) is 0 Å². The number of methoxy groups -OCH3 is 1. The van der Waals surface area contributed by atoms with Gasteiger partial charge >= 0.3 is 0 Å². The fourth-order valence-corrected chi connectivity index (χ4v) is 4.26. The number of ether oxygens (including phenoxy) is 1. The second-order valence-corrected chi connectivity index (χ2v) is 8.30. The molecule has 9 heteroatoms. The number of fused-ring (bicyclic) bond motifs is 1. The van der Waals surface area contributed by atoms with Crippen molar-refractivity contribution in [3.8, 4) is 11.4 Å². The van der Waals surface area contributed by atoms with Crippen LogP contribution in [-0.4, -0.2) is 36.5 Å². The van der Waals surface area contributed by atoms with Gasteiger partial charge in [-0.05, 0) is 61.2 Å².